The third-order valence-electron chi connectivity index (χ3n) is 5.88. The van der Waals surface area contributed by atoms with Crippen LogP contribution in [0.2, 0.25) is 0 Å². The highest BCUT2D eigenvalue weighted by Crippen LogP contribution is 2.43. The zero-order valence-corrected chi connectivity index (χ0v) is 17.0. The van der Waals surface area contributed by atoms with E-state index in [0.29, 0.717) is 17.1 Å². The zero-order valence-electron chi connectivity index (χ0n) is 16.2. The van der Waals surface area contributed by atoms with E-state index in [2.05, 4.69) is 15.5 Å². The van der Waals surface area contributed by atoms with Gasteiger partial charge in [0.25, 0.3) is 5.56 Å². The SMILES string of the molecule is Cc1nn(C)c(C)c1C1SCC(=O)Nc2c1c(=O)[nH]n2C1CCCCCC1. The van der Waals surface area contributed by atoms with Crippen LogP contribution in [-0.2, 0) is 11.8 Å². The van der Waals surface area contributed by atoms with Crippen molar-refractivity contribution in [1.29, 1.82) is 0 Å². The first-order valence-electron chi connectivity index (χ1n) is 9.73. The number of thioether (sulfide) groups is 1. The molecule has 0 radical (unpaired) electrons. The fourth-order valence-electron chi connectivity index (χ4n) is 4.43. The average Bonchev–Trinajstić information content (AvgIpc) is 2.91. The number of hydrogen-bond acceptors (Lipinski definition) is 4. The first-order chi connectivity index (χ1) is 13.0. The molecule has 146 valence electrons. The van der Waals surface area contributed by atoms with Crippen molar-refractivity contribution in [2.24, 2.45) is 7.05 Å². The highest BCUT2D eigenvalue weighted by Gasteiger charge is 2.34. The van der Waals surface area contributed by atoms with Crippen molar-refractivity contribution in [3.63, 3.8) is 0 Å². The molecular formula is C19H27N5O2S. The molecule has 0 spiro atoms. The number of amides is 1. The van der Waals surface area contributed by atoms with Gasteiger partial charge in [-0.25, -0.2) is 0 Å². The van der Waals surface area contributed by atoms with E-state index >= 15 is 0 Å². The van der Waals surface area contributed by atoms with Gasteiger partial charge in [-0.05, 0) is 26.7 Å². The van der Waals surface area contributed by atoms with Crippen molar-refractivity contribution in [2.75, 3.05) is 11.1 Å². The monoisotopic (exact) mass is 389 g/mol. The number of carbonyl (C=O) groups is 1. The van der Waals surface area contributed by atoms with Crippen molar-refractivity contribution >= 4 is 23.5 Å². The molecule has 2 aromatic heterocycles. The lowest BCUT2D eigenvalue weighted by Crippen LogP contribution is -2.19. The molecule has 2 aromatic rings. The van der Waals surface area contributed by atoms with E-state index in [1.165, 1.54) is 24.6 Å². The molecule has 2 aliphatic rings. The molecule has 2 N–H and O–H groups in total. The normalized spacial score (nSPS) is 21.4. The van der Waals surface area contributed by atoms with Gasteiger partial charge in [0, 0.05) is 18.3 Å². The maximum absolute atomic E-state index is 13.0. The van der Waals surface area contributed by atoms with Crippen LogP contribution in [0, 0.1) is 13.8 Å². The number of H-pyrrole nitrogens is 1. The number of nitrogens with zero attached hydrogens (tertiary/aromatic N) is 3. The van der Waals surface area contributed by atoms with Gasteiger partial charge in [0.15, 0.2) is 0 Å². The lowest BCUT2D eigenvalue weighted by atomic mass is 10.0. The highest BCUT2D eigenvalue weighted by molar-refractivity contribution is 8.00. The molecule has 27 heavy (non-hydrogen) atoms. The summed E-state index contributed by atoms with van der Waals surface area (Å²) in [5.74, 6) is 0.941. The van der Waals surface area contributed by atoms with Gasteiger partial charge in [0.2, 0.25) is 5.91 Å². The van der Waals surface area contributed by atoms with Crippen molar-refractivity contribution < 1.29 is 4.79 Å². The molecule has 1 atom stereocenters. The molecule has 1 unspecified atom stereocenters. The minimum absolute atomic E-state index is 0.0516. The van der Waals surface area contributed by atoms with Crippen LogP contribution in [0.3, 0.4) is 0 Å². The van der Waals surface area contributed by atoms with Crippen LogP contribution in [0.15, 0.2) is 4.79 Å². The Labute approximate surface area is 162 Å². The van der Waals surface area contributed by atoms with Gasteiger partial charge in [-0.15, -0.1) is 11.8 Å². The number of nitrogens with one attached hydrogen (secondary N) is 2. The molecule has 0 bridgehead atoms. The van der Waals surface area contributed by atoms with Crippen LogP contribution in [0.1, 0.15) is 72.3 Å². The smallest absolute Gasteiger partial charge is 0.270 e. The van der Waals surface area contributed by atoms with Crippen molar-refractivity contribution in [1.82, 2.24) is 19.6 Å². The summed E-state index contributed by atoms with van der Waals surface area (Å²) < 4.78 is 3.79. The molecule has 4 rings (SSSR count). The Hall–Kier alpha value is -1.96. The highest BCUT2D eigenvalue weighted by atomic mass is 32.2. The summed E-state index contributed by atoms with van der Waals surface area (Å²) in [5.41, 5.74) is 3.55. The van der Waals surface area contributed by atoms with Gasteiger partial charge in [-0.2, -0.15) is 5.10 Å². The minimum atomic E-state index is -0.191. The number of rotatable bonds is 2. The summed E-state index contributed by atoms with van der Waals surface area (Å²) >= 11 is 1.51. The Morgan fingerprint density at radius 1 is 1.07 bits per heavy atom. The summed E-state index contributed by atoms with van der Waals surface area (Å²) in [4.78, 5) is 25.4. The van der Waals surface area contributed by atoms with Gasteiger partial charge in [-0.3, -0.25) is 24.1 Å². The number of aromatic amines is 1. The average molecular weight is 390 g/mol. The summed E-state index contributed by atoms with van der Waals surface area (Å²) in [6, 6.07) is 0.240. The number of carbonyl (C=O) groups excluding carboxylic acids is 1. The second-order valence-corrected chi connectivity index (χ2v) is 8.76. The first-order valence-corrected chi connectivity index (χ1v) is 10.8. The van der Waals surface area contributed by atoms with Crippen LogP contribution < -0.4 is 10.9 Å². The lowest BCUT2D eigenvalue weighted by Gasteiger charge is -2.19. The summed E-state index contributed by atoms with van der Waals surface area (Å²) in [6.45, 7) is 3.99. The summed E-state index contributed by atoms with van der Waals surface area (Å²) in [6.07, 6.45) is 6.87. The maximum Gasteiger partial charge on any atom is 0.270 e. The third-order valence-corrected chi connectivity index (χ3v) is 7.11. The number of anilines is 1. The molecule has 7 nitrogen and oxygen atoms in total. The van der Waals surface area contributed by atoms with E-state index in [-0.39, 0.29) is 22.8 Å². The number of aromatic nitrogens is 4. The van der Waals surface area contributed by atoms with Crippen LogP contribution in [0.4, 0.5) is 5.82 Å². The minimum Gasteiger partial charge on any atom is -0.310 e. The predicted octanol–water partition coefficient (Wildman–Crippen LogP) is 3.20. The summed E-state index contributed by atoms with van der Waals surface area (Å²) in [5, 5.41) is 10.4. The molecule has 3 heterocycles. The molecule has 1 aliphatic heterocycles. The molecule has 1 aliphatic carbocycles. The first kappa shape index (κ1) is 18.4. The van der Waals surface area contributed by atoms with Crippen molar-refractivity contribution in [3.8, 4) is 0 Å². The zero-order chi connectivity index (χ0) is 19.1. The van der Waals surface area contributed by atoms with E-state index in [9.17, 15) is 9.59 Å². The van der Waals surface area contributed by atoms with Crippen molar-refractivity contribution in [2.45, 2.75) is 63.7 Å². The van der Waals surface area contributed by atoms with E-state index < -0.39 is 0 Å². The fourth-order valence-corrected chi connectivity index (χ4v) is 5.71. The predicted molar refractivity (Wildman–Crippen MR) is 107 cm³/mol. The van der Waals surface area contributed by atoms with Crippen LogP contribution >= 0.6 is 11.8 Å². The Balaban J connectivity index is 1.85. The quantitative estimate of drug-likeness (QED) is 0.773. The van der Waals surface area contributed by atoms with E-state index in [1.54, 1.807) is 0 Å². The van der Waals surface area contributed by atoms with Crippen LogP contribution in [-0.4, -0.2) is 31.2 Å². The molecule has 8 heteroatoms. The largest absolute Gasteiger partial charge is 0.310 e. The Bertz CT molecular complexity index is 917. The Kier molecular flexibility index (Phi) is 4.92. The van der Waals surface area contributed by atoms with Crippen molar-refractivity contribution in [3.05, 3.63) is 32.9 Å². The van der Waals surface area contributed by atoms with E-state index in [1.807, 2.05) is 30.3 Å². The van der Waals surface area contributed by atoms with Gasteiger partial charge in [0.05, 0.1) is 28.3 Å². The Morgan fingerprint density at radius 3 is 2.41 bits per heavy atom. The number of hydrogen-bond donors (Lipinski definition) is 2. The third kappa shape index (κ3) is 3.24. The maximum atomic E-state index is 13.0. The standard InChI is InChI=1S/C19H27N5O2S/c1-11-15(12(2)23(3)21-11)17-16-18(20-14(25)10-27-17)24(22-19(16)26)13-8-6-4-5-7-9-13/h13,17H,4-10H2,1-3H3,(H,20,25)(H,22,26). The van der Waals surface area contributed by atoms with Gasteiger partial charge in [-0.1, -0.05) is 25.7 Å². The molecule has 1 saturated carbocycles. The van der Waals surface area contributed by atoms with Gasteiger partial charge < -0.3 is 5.32 Å². The van der Waals surface area contributed by atoms with Gasteiger partial charge in [0.1, 0.15) is 5.82 Å². The number of fused-ring (bicyclic) bond motifs is 1. The molecule has 1 fully saturated rings. The molecule has 0 saturated heterocycles. The molecular weight excluding hydrogens is 362 g/mol. The van der Waals surface area contributed by atoms with Gasteiger partial charge >= 0.3 is 0 Å². The van der Waals surface area contributed by atoms with Crippen LogP contribution in [0.5, 0.6) is 0 Å². The number of aryl methyl sites for hydroxylation is 2. The molecule has 0 aromatic carbocycles. The second kappa shape index (κ2) is 7.22. The summed E-state index contributed by atoms with van der Waals surface area (Å²) in [7, 11) is 1.92. The van der Waals surface area contributed by atoms with E-state index in [0.717, 1.165) is 42.6 Å². The Morgan fingerprint density at radius 2 is 1.78 bits per heavy atom. The topological polar surface area (TPSA) is 84.7 Å². The second-order valence-electron chi connectivity index (χ2n) is 7.67. The van der Waals surface area contributed by atoms with Crippen LogP contribution in [0.25, 0.3) is 0 Å². The molecule has 1 amide bonds. The lowest BCUT2D eigenvalue weighted by molar-refractivity contribution is -0.113. The van der Waals surface area contributed by atoms with E-state index in [4.69, 9.17) is 0 Å². The fraction of sp³-hybridized carbons (Fsp3) is 0.632.